The predicted molar refractivity (Wildman–Crippen MR) is 98.9 cm³/mol. The van der Waals surface area contributed by atoms with Crippen molar-refractivity contribution in [2.45, 2.75) is 10.9 Å². The van der Waals surface area contributed by atoms with Crippen molar-refractivity contribution in [2.24, 2.45) is 5.14 Å². The van der Waals surface area contributed by atoms with Gasteiger partial charge in [0.1, 0.15) is 6.07 Å². The van der Waals surface area contributed by atoms with Gasteiger partial charge in [-0.1, -0.05) is 23.7 Å². The maximum atomic E-state index is 11.4. The number of nitriles is 1. The second-order valence-corrected chi connectivity index (χ2v) is 7.77. The third-order valence-electron chi connectivity index (χ3n) is 3.80. The molecule has 0 aliphatic rings. The van der Waals surface area contributed by atoms with Crippen molar-refractivity contribution in [1.82, 2.24) is 4.90 Å². The van der Waals surface area contributed by atoms with Crippen LogP contribution in [0.5, 0.6) is 0 Å². The third kappa shape index (κ3) is 4.94. The van der Waals surface area contributed by atoms with E-state index in [9.17, 15) is 13.7 Å². The lowest BCUT2D eigenvalue weighted by Crippen LogP contribution is -2.27. The van der Waals surface area contributed by atoms with Gasteiger partial charge in [0.25, 0.3) is 0 Å². The Morgan fingerprint density at radius 1 is 1.24 bits per heavy atom. The van der Waals surface area contributed by atoms with Gasteiger partial charge in [-0.3, -0.25) is 0 Å². The van der Waals surface area contributed by atoms with Gasteiger partial charge in [-0.05, 0) is 50.0 Å². The summed E-state index contributed by atoms with van der Waals surface area (Å²) in [7, 11) is 0.0657. The number of nitrogens with two attached hydrogens (primary N) is 1. The highest BCUT2D eigenvalue weighted by Gasteiger charge is 2.16. The van der Waals surface area contributed by atoms with Crippen molar-refractivity contribution in [3.8, 4) is 6.07 Å². The molecule has 3 N–H and O–H groups in total. The Balaban J connectivity index is 2.23. The van der Waals surface area contributed by atoms with E-state index in [1.54, 1.807) is 6.07 Å². The summed E-state index contributed by atoms with van der Waals surface area (Å²) in [5, 5.41) is 18.3. The van der Waals surface area contributed by atoms with Crippen LogP contribution in [0.4, 0.5) is 5.69 Å². The summed E-state index contributed by atoms with van der Waals surface area (Å²) in [4.78, 5) is 1.96. The zero-order chi connectivity index (χ0) is 18.6. The summed E-state index contributed by atoms with van der Waals surface area (Å²) in [5.41, 5.74) is 1.84. The minimum atomic E-state index is -3.84. The van der Waals surface area contributed by atoms with E-state index >= 15 is 0 Å². The molecule has 2 aromatic rings. The maximum Gasteiger partial charge on any atom is 0.238 e. The molecule has 1 unspecified atom stereocenters. The number of halogens is 1. The Kier molecular flexibility index (Phi) is 6.03. The molecule has 25 heavy (non-hydrogen) atoms. The average molecular weight is 379 g/mol. The van der Waals surface area contributed by atoms with Crippen LogP contribution in [-0.4, -0.2) is 34.0 Å². The first-order chi connectivity index (χ1) is 11.7. The molecule has 0 aliphatic carbocycles. The SMILES string of the molecule is CN(C)C(CNc1ccc(S(N)(=O)=O)cc1C#N)c1ccc(Cl)cc1. The van der Waals surface area contributed by atoms with Crippen LogP contribution in [0.25, 0.3) is 0 Å². The molecule has 0 saturated heterocycles. The van der Waals surface area contributed by atoms with E-state index in [4.69, 9.17) is 16.7 Å². The fourth-order valence-corrected chi connectivity index (χ4v) is 3.10. The molecule has 0 aliphatic heterocycles. The van der Waals surface area contributed by atoms with E-state index in [0.29, 0.717) is 17.3 Å². The number of hydrogen-bond donors (Lipinski definition) is 2. The lowest BCUT2D eigenvalue weighted by atomic mass is 10.1. The second-order valence-electron chi connectivity index (χ2n) is 5.78. The zero-order valence-corrected chi connectivity index (χ0v) is 15.5. The molecule has 6 nitrogen and oxygen atoms in total. The minimum Gasteiger partial charge on any atom is -0.382 e. The predicted octanol–water partition coefficient (Wildman–Crippen LogP) is 2.57. The molecular formula is C17H19ClN4O2S. The molecule has 0 amide bonds. The molecule has 2 rings (SSSR count). The number of rotatable bonds is 6. The number of likely N-dealkylation sites (N-methyl/N-ethyl adjacent to an activating group) is 1. The van der Waals surface area contributed by atoms with Crippen molar-refractivity contribution < 1.29 is 8.42 Å². The number of primary sulfonamides is 1. The molecule has 1 atom stereocenters. The molecular weight excluding hydrogens is 360 g/mol. The van der Waals surface area contributed by atoms with Crippen LogP contribution in [0, 0.1) is 11.3 Å². The van der Waals surface area contributed by atoms with Gasteiger partial charge in [0.2, 0.25) is 10.0 Å². The first-order valence-corrected chi connectivity index (χ1v) is 9.37. The Bertz CT molecular complexity index is 890. The van der Waals surface area contributed by atoms with Crippen LogP contribution in [-0.2, 0) is 10.0 Å². The summed E-state index contributed by atoms with van der Waals surface area (Å²) < 4.78 is 22.8. The van der Waals surface area contributed by atoms with Crippen LogP contribution in [0.2, 0.25) is 5.02 Å². The molecule has 0 spiro atoms. The van der Waals surface area contributed by atoms with E-state index in [0.717, 1.165) is 5.56 Å². The van der Waals surface area contributed by atoms with Crippen molar-refractivity contribution in [3.63, 3.8) is 0 Å². The van der Waals surface area contributed by atoms with E-state index < -0.39 is 10.0 Å². The minimum absolute atomic E-state index is 0.0433. The van der Waals surface area contributed by atoms with Crippen LogP contribution in [0.15, 0.2) is 47.4 Å². The van der Waals surface area contributed by atoms with Crippen LogP contribution in [0.3, 0.4) is 0 Å². The van der Waals surface area contributed by atoms with Crippen molar-refractivity contribution in [1.29, 1.82) is 5.26 Å². The lowest BCUT2D eigenvalue weighted by molar-refractivity contribution is 0.312. The highest BCUT2D eigenvalue weighted by molar-refractivity contribution is 7.89. The standard InChI is InChI=1S/C17H19ClN4O2S/c1-22(2)17(12-3-5-14(18)6-4-12)11-21-16-8-7-15(25(20,23)24)9-13(16)10-19/h3-9,17,21H,11H2,1-2H3,(H2,20,23,24). The monoisotopic (exact) mass is 378 g/mol. The fourth-order valence-electron chi connectivity index (χ4n) is 2.44. The fraction of sp³-hybridized carbons (Fsp3) is 0.235. The van der Waals surface area contributed by atoms with Gasteiger partial charge in [-0.2, -0.15) is 5.26 Å². The van der Waals surface area contributed by atoms with E-state index in [1.165, 1.54) is 12.1 Å². The number of nitrogens with one attached hydrogen (secondary N) is 1. The smallest absolute Gasteiger partial charge is 0.238 e. The Labute approximate surface area is 152 Å². The van der Waals surface area contributed by atoms with E-state index in [-0.39, 0.29) is 16.5 Å². The highest BCUT2D eigenvalue weighted by Crippen LogP contribution is 2.24. The largest absolute Gasteiger partial charge is 0.382 e. The quantitative estimate of drug-likeness (QED) is 0.804. The Morgan fingerprint density at radius 2 is 1.88 bits per heavy atom. The van der Waals surface area contributed by atoms with Gasteiger partial charge in [-0.25, -0.2) is 13.6 Å². The average Bonchev–Trinajstić information content (AvgIpc) is 2.55. The summed E-state index contributed by atoms with van der Waals surface area (Å²) in [6, 6.07) is 13.8. The number of anilines is 1. The van der Waals surface area contributed by atoms with Gasteiger partial charge in [0, 0.05) is 11.6 Å². The Hall–Kier alpha value is -2.11. The van der Waals surface area contributed by atoms with Gasteiger partial charge in [0.05, 0.1) is 22.2 Å². The van der Waals surface area contributed by atoms with E-state index in [1.807, 2.05) is 49.3 Å². The number of nitrogens with zero attached hydrogens (tertiary/aromatic N) is 2. The molecule has 0 aromatic heterocycles. The topological polar surface area (TPSA) is 99.2 Å². The second kappa shape index (κ2) is 7.85. The molecule has 0 fully saturated rings. The maximum absolute atomic E-state index is 11.4. The molecule has 0 radical (unpaired) electrons. The first kappa shape index (κ1) is 19.2. The number of benzene rings is 2. The number of sulfonamides is 1. The van der Waals surface area contributed by atoms with Gasteiger partial charge in [0.15, 0.2) is 0 Å². The highest BCUT2D eigenvalue weighted by atomic mass is 35.5. The van der Waals surface area contributed by atoms with Gasteiger partial charge >= 0.3 is 0 Å². The number of hydrogen-bond acceptors (Lipinski definition) is 5. The van der Waals surface area contributed by atoms with Gasteiger partial charge < -0.3 is 10.2 Å². The lowest BCUT2D eigenvalue weighted by Gasteiger charge is -2.26. The van der Waals surface area contributed by atoms with Crippen LogP contribution < -0.4 is 10.5 Å². The van der Waals surface area contributed by atoms with Crippen LogP contribution in [0.1, 0.15) is 17.2 Å². The van der Waals surface area contributed by atoms with Crippen molar-refractivity contribution in [2.75, 3.05) is 26.0 Å². The summed E-state index contributed by atoms with van der Waals surface area (Å²) in [5.74, 6) is 0. The first-order valence-electron chi connectivity index (χ1n) is 7.45. The molecule has 0 saturated carbocycles. The normalized spacial score (nSPS) is 12.6. The van der Waals surface area contributed by atoms with Crippen molar-refractivity contribution >= 4 is 27.3 Å². The molecule has 0 heterocycles. The van der Waals surface area contributed by atoms with Crippen molar-refractivity contribution in [3.05, 3.63) is 58.6 Å². The third-order valence-corrected chi connectivity index (χ3v) is 4.97. The van der Waals surface area contributed by atoms with E-state index in [2.05, 4.69) is 5.32 Å². The molecule has 0 bridgehead atoms. The summed E-state index contributed by atoms with van der Waals surface area (Å²) >= 11 is 5.94. The Morgan fingerprint density at radius 3 is 2.40 bits per heavy atom. The zero-order valence-electron chi connectivity index (χ0n) is 13.9. The van der Waals surface area contributed by atoms with Gasteiger partial charge in [-0.15, -0.1) is 0 Å². The summed E-state index contributed by atoms with van der Waals surface area (Å²) in [6.45, 7) is 0.526. The summed E-state index contributed by atoms with van der Waals surface area (Å²) in [6.07, 6.45) is 0. The molecule has 2 aromatic carbocycles. The molecule has 132 valence electrons. The van der Waals surface area contributed by atoms with Crippen LogP contribution >= 0.6 is 11.6 Å². The molecule has 8 heteroatoms.